The number of fused-ring (bicyclic) bond motifs is 9. The van der Waals surface area contributed by atoms with Crippen LogP contribution in [0.4, 0.5) is 0 Å². The zero-order chi connectivity index (χ0) is 23.1. The highest BCUT2D eigenvalue weighted by Crippen LogP contribution is 2.54. The first-order valence-corrected chi connectivity index (χ1v) is 14.0. The van der Waals surface area contributed by atoms with Gasteiger partial charge in [0.25, 0.3) is 0 Å². The van der Waals surface area contributed by atoms with Crippen LogP contribution >= 0.6 is 22.7 Å². The van der Waals surface area contributed by atoms with E-state index in [1.54, 1.807) is 0 Å². The lowest BCUT2D eigenvalue weighted by atomic mass is 9.91. The molecule has 0 spiro atoms. The van der Waals surface area contributed by atoms with E-state index in [0.29, 0.717) is 0 Å². The van der Waals surface area contributed by atoms with Crippen LogP contribution in [0.15, 0.2) is 97.1 Å². The Balaban J connectivity index is 1.57. The maximum Gasteiger partial charge on any atom is 0.0549 e. The summed E-state index contributed by atoms with van der Waals surface area (Å²) in [6.07, 6.45) is 0. The number of rotatable bonds is 0. The standard InChI is InChI=1S/C34H16S2/c1-5-17-13-15-19-7-3-11-23-27(19)25(17)21(9-1)29-31(23)35-34-30-22-10-2-6-18-14-16-20-8-4-12-24(28(20)26(18)22)32(30)36-33(29)34/h1-16H. The van der Waals surface area contributed by atoms with Crippen LogP contribution in [0.2, 0.25) is 0 Å². The average Bonchev–Trinajstić information content (AvgIpc) is 3.48. The average molecular weight is 489 g/mol. The zero-order valence-corrected chi connectivity index (χ0v) is 20.7. The van der Waals surface area contributed by atoms with Gasteiger partial charge in [-0.3, -0.25) is 0 Å². The van der Waals surface area contributed by atoms with Gasteiger partial charge in [-0.25, -0.2) is 0 Å². The molecule has 0 amide bonds. The molecule has 8 aromatic carbocycles. The molecular weight excluding hydrogens is 473 g/mol. The summed E-state index contributed by atoms with van der Waals surface area (Å²) in [7, 11) is 0. The van der Waals surface area contributed by atoms with Gasteiger partial charge in [-0.15, -0.1) is 22.7 Å². The Morgan fingerprint density at radius 1 is 0.278 bits per heavy atom. The van der Waals surface area contributed by atoms with Gasteiger partial charge in [0, 0.05) is 30.9 Å². The topological polar surface area (TPSA) is 0 Å². The van der Waals surface area contributed by atoms with E-state index in [2.05, 4.69) is 97.1 Å². The molecule has 2 heteroatoms. The minimum absolute atomic E-state index is 1.33. The maximum absolute atomic E-state index is 2.34. The van der Waals surface area contributed by atoms with Crippen molar-refractivity contribution in [2.75, 3.05) is 0 Å². The predicted octanol–water partition coefficient (Wildman–Crippen LogP) is 11.1. The second-order valence-corrected chi connectivity index (χ2v) is 12.1. The lowest BCUT2D eigenvalue weighted by molar-refractivity contribution is 1.82. The number of benzene rings is 8. The molecule has 0 radical (unpaired) electrons. The molecule has 0 nitrogen and oxygen atoms in total. The second kappa shape index (κ2) is 6.04. The maximum atomic E-state index is 2.34. The van der Waals surface area contributed by atoms with Gasteiger partial charge in [-0.1, -0.05) is 97.1 Å². The molecule has 164 valence electrons. The lowest BCUT2D eigenvalue weighted by Gasteiger charge is -2.13. The van der Waals surface area contributed by atoms with Crippen molar-refractivity contribution >= 4 is 117 Å². The smallest absolute Gasteiger partial charge is 0.0549 e. The quantitative estimate of drug-likeness (QED) is 0.186. The normalized spacial score (nSPS) is 13.0. The predicted molar refractivity (Wildman–Crippen MR) is 162 cm³/mol. The molecule has 0 N–H and O–H groups in total. The van der Waals surface area contributed by atoms with Crippen LogP contribution in [-0.2, 0) is 0 Å². The first-order valence-electron chi connectivity index (χ1n) is 12.4. The van der Waals surface area contributed by atoms with Gasteiger partial charge in [0.05, 0.1) is 9.40 Å². The molecule has 2 aromatic heterocycles. The SMILES string of the molecule is c1cc2ccc3cccc4c5c(sc6c5sc5c7cccc8ccc9cccc(c56)c9c87)c(c1)c2c34. The Kier molecular flexibility index (Phi) is 3.07. The molecule has 0 fully saturated rings. The van der Waals surface area contributed by atoms with E-state index in [1.165, 1.54) is 94.2 Å². The molecule has 0 atom stereocenters. The van der Waals surface area contributed by atoms with Crippen molar-refractivity contribution in [2.45, 2.75) is 0 Å². The van der Waals surface area contributed by atoms with E-state index in [1.807, 2.05) is 22.7 Å². The number of thiophene rings is 2. The third-order valence-electron chi connectivity index (χ3n) is 8.32. The summed E-state index contributed by atoms with van der Waals surface area (Å²) in [5.41, 5.74) is 0. The van der Waals surface area contributed by atoms with Crippen molar-refractivity contribution < 1.29 is 0 Å². The monoisotopic (exact) mass is 488 g/mol. The molecular formula is C34H16S2. The molecule has 0 saturated heterocycles. The summed E-state index contributed by atoms with van der Waals surface area (Å²) < 4.78 is 5.75. The summed E-state index contributed by atoms with van der Waals surface area (Å²) >= 11 is 4.00. The fraction of sp³-hybridized carbons (Fsp3) is 0. The van der Waals surface area contributed by atoms with Gasteiger partial charge < -0.3 is 0 Å². The Hall–Kier alpha value is -3.98. The Bertz CT molecular complexity index is 2340. The summed E-state index contributed by atoms with van der Waals surface area (Å²) in [6, 6.07) is 36.5. The summed E-state index contributed by atoms with van der Waals surface area (Å²) in [4.78, 5) is 0. The van der Waals surface area contributed by atoms with E-state index in [9.17, 15) is 0 Å². The van der Waals surface area contributed by atoms with Crippen molar-refractivity contribution in [1.29, 1.82) is 0 Å². The van der Waals surface area contributed by atoms with Crippen molar-refractivity contribution in [3.05, 3.63) is 97.1 Å². The molecule has 2 heterocycles. The largest absolute Gasteiger partial charge is 0.133 e. The molecule has 0 aliphatic heterocycles. The zero-order valence-electron chi connectivity index (χ0n) is 19.1. The Morgan fingerprint density at radius 3 is 1.00 bits per heavy atom. The number of hydrogen-bond acceptors (Lipinski definition) is 2. The molecule has 10 rings (SSSR count). The fourth-order valence-electron chi connectivity index (χ4n) is 6.91. The van der Waals surface area contributed by atoms with Gasteiger partial charge in [-0.2, -0.15) is 0 Å². The van der Waals surface area contributed by atoms with Crippen LogP contribution < -0.4 is 0 Å². The Labute approximate surface area is 213 Å². The highest BCUT2D eigenvalue weighted by Gasteiger charge is 2.23. The molecule has 0 bridgehead atoms. The highest BCUT2D eigenvalue weighted by atomic mass is 32.1. The van der Waals surface area contributed by atoms with E-state index >= 15 is 0 Å². The van der Waals surface area contributed by atoms with E-state index in [0.717, 1.165) is 0 Å². The highest BCUT2D eigenvalue weighted by molar-refractivity contribution is 7.37. The Morgan fingerprint density at radius 2 is 0.611 bits per heavy atom. The van der Waals surface area contributed by atoms with E-state index < -0.39 is 0 Å². The summed E-state index contributed by atoms with van der Waals surface area (Å²) in [6.45, 7) is 0. The molecule has 0 saturated carbocycles. The van der Waals surface area contributed by atoms with Crippen molar-refractivity contribution in [3.63, 3.8) is 0 Å². The van der Waals surface area contributed by atoms with Gasteiger partial charge in [0.1, 0.15) is 0 Å². The van der Waals surface area contributed by atoms with Crippen molar-refractivity contribution in [3.8, 4) is 0 Å². The molecule has 10 aromatic rings. The first-order chi connectivity index (χ1) is 17.9. The van der Waals surface area contributed by atoms with Crippen molar-refractivity contribution in [2.24, 2.45) is 0 Å². The molecule has 0 aliphatic rings. The third kappa shape index (κ3) is 1.94. The van der Waals surface area contributed by atoms with E-state index in [4.69, 9.17) is 0 Å². The molecule has 0 unspecified atom stereocenters. The van der Waals surface area contributed by atoms with Crippen LogP contribution in [0.1, 0.15) is 0 Å². The molecule has 0 aliphatic carbocycles. The van der Waals surface area contributed by atoms with Crippen LogP contribution in [-0.4, -0.2) is 0 Å². The van der Waals surface area contributed by atoms with E-state index in [-0.39, 0.29) is 0 Å². The van der Waals surface area contributed by atoms with Crippen LogP contribution in [0.25, 0.3) is 94.2 Å². The van der Waals surface area contributed by atoms with Gasteiger partial charge in [0.15, 0.2) is 0 Å². The van der Waals surface area contributed by atoms with Crippen molar-refractivity contribution in [1.82, 2.24) is 0 Å². The second-order valence-electron chi connectivity index (χ2n) is 10.0. The lowest BCUT2D eigenvalue weighted by Crippen LogP contribution is -1.84. The van der Waals surface area contributed by atoms with Crippen LogP contribution in [0.5, 0.6) is 0 Å². The van der Waals surface area contributed by atoms with Gasteiger partial charge in [0.2, 0.25) is 0 Å². The van der Waals surface area contributed by atoms with Crippen LogP contribution in [0.3, 0.4) is 0 Å². The first kappa shape index (κ1) is 18.3. The fourth-order valence-corrected chi connectivity index (χ4v) is 9.90. The van der Waals surface area contributed by atoms with Crippen LogP contribution in [0, 0.1) is 0 Å². The van der Waals surface area contributed by atoms with Gasteiger partial charge in [-0.05, 0) is 53.9 Å². The minimum Gasteiger partial charge on any atom is -0.133 e. The summed E-state index contributed by atoms with van der Waals surface area (Å²) in [5.74, 6) is 0. The minimum atomic E-state index is 1.33. The third-order valence-corrected chi connectivity index (χ3v) is 10.9. The molecule has 36 heavy (non-hydrogen) atoms. The van der Waals surface area contributed by atoms with Gasteiger partial charge >= 0.3 is 0 Å². The summed E-state index contributed by atoms with van der Waals surface area (Å²) in [5, 5.41) is 19.5. The number of hydrogen-bond donors (Lipinski definition) is 0.